The van der Waals surface area contributed by atoms with E-state index in [0.717, 1.165) is 24.5 Å². The van der Waals surface area contributed by atoms with Crippen LogP contribution in [0.25, 0.3) is 0 Å². The number of rotatable bonds is 3. The average molecular weight is 401 g/mol. The molecule has 4 atom stereocenters. The standard InChI is InChI=1S/C10H16O4S.C9H9F2N/c1-9(2)7-3-4-10(9,8(11)5-7)6-15(12,13)14;10-7-2-1-5(3-8(7)11)6-4-9(6)12/h7H,3-6H2,1-2H3,(H,12,13,14);1-3,6,9H,4,12H2/t7-,10-;6-,9+/m00/s1. The average Bonchev–Trinajstić information content (AvgIpc) is 3.18. The van der Waals surface area contributed by atoms with Gasteiger partial charge in [-0.05, 0) is 48.3 Å². The molecule has 150 valence electrons. The second kappa shape index (κ2) is 6.60. The molecule has 0 saturated heterocycles. The first-order valence-electron chi connectivity index (χ1n) is 9.06. The van der Waals surface area contributed by atoms with Gasteiger partial charge in [0.15, 0.2) is 11.6 Å². The van der Waals surface area contributed by atoms with Crippen LogP contribution in [0.2, 0.25) is 0 Å². The van der Waals surface area contributed by atoms with E-state index in [1.807, 2.05) is 13.8 Å². The van der Waals surface area contributed by atoms with Gasteiger partial charge in [-0.15, -0.1) is 0 Å². The van der Waals surface area contributed by atoms with Crippen LogP contribution in [-0.4, -0.2) is 30.5 Å². The van der Waals surface area contributed by atoms with Crippen molar-refractivity contribution in [2.75, 3.05) is 5.75 Å². The molecule has 2 bridgehead atoms. The van der Waals surface area contributed by atoms with E-state index in [1.165, 1.54) is 6.07 Å². The van der Waals surface area contributed by atoms with Crippen LogP contribution < -0.4 is 5.73 Å². The summed E-state index contributed by atoms with van der Waals surface area (Å²) in [5.74, 6) is -1.45. The van der Waals surface area contributed by atoms with Gasteiger partial charge >= 0.3 is 0 Å². The Morgan fingerprint density at radius 2 is 1.89 bits per heavy atom. The molecule has 3 aliphatic carbocycles. The first-order valence-corrected chi connectivity index (χ1v) is 10.7. The van der Waals surface area contributed by atoms with Crippen molar-refractivity contribution >= 4 is 15.9 Å². The Morgan fingerprint density at radius 3 is 2.30 bits per heavy atom. The van der Waals surface area contributed by atoms with E-state index in [-0.39, 0.29) is 29.1 Å². The summed E-state index contributed by atoms with van der Waals surface area (Å²) in [6.07, 6.45) is 2.85. The Morgan fingerprint density at radius 1 is 1.26 bits per heavy atom. The van der Waals surface area contributed by atoms with E-state index in [4.69, 9.17) is 10.3 Å². The molecular weight excluding hydrogens is 376 g/mol. The molecule has 5 nitrogen and oxygen atoms in total. The highest BCUT2D eigenvalue weighted by molar-refractivity contribution is 7.85. The molecule has 0 amide bonds. The fraction of sp³-hybridized carbons (Fsp3) is 0.632. The van der Waals surface area contributed by atoms with Crippen LogP contribution in [0.15, 0.2) is 18.2 Å². The zero-order valence-corrected chi connectivity index (χ0v) is 16.2. The third-order valence-electron chi connectivity index (χ3n) is 6.78. The first kappa shape index (κ1) is 20.4. The lowest BCUT2D eigenvalue weighted by atomic mass is 9.70. The van der Waals surface area contributed by atoms with Gasteiger partial charge in [-0.2, -0.15) is 8.42 Å². The Hall–Kier alpha value is -1.38. The van der Waals surface area contributed by atoms with Crippen LogP contribution in [0.1, 0.15) is 51.0 Å². The van der Waals surface area contributed by atoms with Gasteiger partial charge < -0.3 is 5.73 Å². The minimum atomic E-state index is -4.08. The van der Waals surface area contributed by atoms with Crippen molar-refractivity contribution in [3.05, 3.63) is 35.4 Å². The molecular formula is C19H25F2NO4S. The largest absolute Gasteiger partial charge is 0.327 e. The van der Waals surface area contributed by atoms with Crippen LogP contribution in [0.3, 0.4) is 0 Å². The zero-order valence-electron chi connectivity index (χ0n) is 15.4. The number of halogens is 2. The third kappa shape index (κ3) is 3.67. The molecule has 0 heterocycles. The van der Waals surface area contributed by atoms with Crippen LogP contribution in [-0.2, 0) is 14.9 Å². The number of carbonyl (C=O) groups is 1. The van der Waals surface area contributed by atoms with Crippen molar-refractivity contribution < 1.29 is 26.5 Å². The molecule has 3 fully saturated rings. The maximum absolute atomic E-state index is 12.7. The maximum atomic E-state index is 12.7. The summed E-state index contributed by atoms with van der Waals surface area (Å²) < 4.78 is 56.1. The number of Topliss-reactive ketones (excluding diaryl/α,β-unsaturated/α-hetero) is 1. The number of hydrogen-bond donors (Lipinski definition) is 2. The van der Waals surface area contributed by atoms with Gasteiger partial charge in [0.1, 0.15) is 5.78 Å². The molecule has 3 aliphatic rings. The molecule has 3 saturated carbocycles. The molecule has 0 aromatic heterocycles. The summed E-state index contributed by atoms with van der Waals surface area (Å²) in [6.45, 7) is 3.89. The van der Waals surface area contributed by atoms with Crippen molar-refractivity contribution in [2.24, 2.45) is 22.5 Å². The first-order chi connectivity index (χ1) is 12.4. The molecule has 3 N–H and O–H groups in total. The van der Waals surface area contributed by atoms with Gasteiger partial charge in [-0.25, -0.2) is 8.78 Å². The van der Waals surface area contributed by atoms with E-state index in [1.54, 1.807) is 6.07 Å². The van der Waals surface area contributed by atoms with E-state index < -0.39 is 32.9 Å². The third-order valence-corrected chi connectivity index (χ3v) is 7.64. The van der Waals surface area contributed by atoms with E-state index in [9.17, 15) is 22.0 Å². The number of ketones is 1. The number of nitrogens with two attached hydrogens (primary N) is 1. The number of fused-ring (bicyclic) bond motifs is 2. The predicted octanol–water partition coefficient (Wildman–Crippen LogP) is 3.05. The molecule has 1 aromatic carbocycles. The number of carbonyl (C=O) groups excluding carboxylic acids is 1. The Bertz CT molecular complexity index is 870. The van der Waals surface area contributed by atoms with Gasteiger partial charge in [-0.1, -0.05) is 19.9 Å². The highest BCUT2D eigenvalue weighted by atomic mass is 32.2. The van der Waals surface area contributed by atoms with Crippen LogP contribution in [0.4, 0.5) is 8.78 Å². The smallest absolute Gasteiger partial charge is 0.265 e. The van der Waals surface area contributed by atoms with Crippen molar-refractivity contribution in [1.29, 1.82) is 0 Å². The van der Waals surface area contributed by atoms with Gasteiger partial charge in [0.2, 0.25) is 0 Å². The summed E-state index contributed by atoms with van der Waals surface area (Å²) in [4.78, 5) is 11.9. The number of hydrogen-bond acceptors (Lipinski definition) is 4. The molecule has 0 spiro atoms. The van der Waals surface area contributed by atoms with Crippen molar-refractivity contribution in [2.45, 2.75) is 51.5 Å². The van der Waals surface area contributed by atoms with E-state index in [0.29, 0.717) is 12.8 Å². The Kier molecular flexibility index (Phi) is 4.98. The second-order valence-corrected chi connectivity index (χ2v) is 10.0. The predicted molar refractivity (Wildman–Crippen MR) is 96.7 cm³/mol. The highest BCUT2D eigenvalue weighted by Gasteiger charge is 2.65. The Balaban J connectivity index is 0.000000159. The second-order valence-electron chi connectivity index (χ2n) is 8.57. The molecule has 4 rings (SSSR count). The van der Waals surface area contributed by atoms with Gasteiger partial charge in [0, 0.05) is 18.4 Å². The van der Waals surface area contributed by atoms with Gasteiger partial charge in [0.25, 0.3) is 10.1 Å². The lowest BCUT2D eigenvalue weighted by molar-refractivity contribution is -0.128. The van der Waals surface area contributed by atoms with Crippen LogP contribution in [0.5, 0.6) is 0 Å². The normalized spacial score (nSPS) is 33.6. The topological polar surface area (TPSA) is 97.5 Å². The fourth-order valence-electron chi connectivity index (χ4n) is 4.76. The minimum absolute atomic E-state index is 0.0152. The maximum Gasteiger partial charge on any atom is 0.265 e. The molecule has 0 aliphatic heterocycles. The van der Waals surface area contributed by atoms with E-state index >= 15 is 0 Å². The van der Waals surface area contributed by atoms with Crippen LogP contribution >= 0.6 is 0 Å². The van der Waals surface area contributed by atoms with E-state index in [2.05, 4.69) is 0 Å². The molecule has 0 unspecified atom stereocenters. The molecule has 8 heteroatoms. The zero-order chi connectivity index (χ0) is 20.2. The molecule has 0 radical (unpaired) electrons. The van der Waals surface area contributed by atoms with Crippen LogP contribution in [0, 0.1) is 28.4 Å². The van der Waals surface area contributed by atoms with Crippen molar-refractivity contribution in [3.8, 4) is 0 Å². The monoisotopic (exact) mass is 401 g/mol. The quantitative estimate of drug-likeness (QED) is 0.759. The van der Waals surface area contributed by atoms with Gasteiger partial charge in [0.05, 0.1) is 11.2 Å². The van der Waals surface area contributed by atoms with Gasteiger partial charge in [-0.3, -0.25) is 9.35 Å². The summed E-state index contributed by atoms with van der Waals surface area (Å²) in [6, 6.07) is 4.10. The summed E-state index contributed by atoms with van der Waals surface area (Å²) in [7, 11) is -4.08. The minimum Gasteiger partial charge on any atom is -0.327 e. The summed E-state index contributed by atoms with van der Waals surface area (Å²) in [5, 5.41) is 0. The Labute approximate surface area is 158 Å². The highest BCUT2D eigenvalue weighted by Crippen LogP contribution is 2.64. The number of benzene rings is 1. The van der Waals surface area contributed by atoms with Crippen molar-refractivity contribution in [3.63, 3.8) is 0 Å². The fourth-order valence-corrected chi connectivity index (χ4v) is 6.06. The molecule has 27 heavy (non-hydrogen) atoms. The summed E-state index contributed by atoms with van der Waals surface area (Å²) >= 11 is 0. The van der Waals surface area contributed by atoms with Crippen molar-refractivity contribution in [1.82, 2.24) is 0 Å². The lowest BCUT2D eigenvalue weighted by Crippen LogP contribution is -2.42. The molecule has 1 aromatic rings. The lowest BCUT2D eigenvalue weighted by Gasteiger charge is -2.35. The SMILES string of the molecule is CC1(C)[C@H]2CC[C@]1(CS(=O)(=O)O)C(=O)C2.N[C@@H]1C[C@H]1c1ccc(F)c(F)c1. The summed E-state index contributed by atoms with van der Waals surface area (Å²) in [5.41, 5.74) is 5.26.